The summed E-state index contributed by atoms with van der Waals surface area (Å²) in [5.41, 5.74) is 0.527. The van der Waals surface area contributed by atoms with Gasteiger partial charge in [0, 0.05) is 11.6 Å². The maximum atomic E-state index is 14.2. The molecule has 1 heterocycles. The Bertz CT molecular complexity index is 448. The van der Waals surface area contributed by atoms with Gasteiger partial charge < -0.3 is 14.8 Å². The van der Waals surface area contributed by atoms with E-state index in [0.717, 1.165) is 25.9 Å². The van der Waals surface area contributed by atoms with Crippen LogP contribution in [0.25, 0.3) is 0 Å². The number of piperidine rings is 1. The van der Waals surface area contributed by atoms with E-state index in [9.17, 15) is 4.39 Å². The zero-order valence-corrected chi connectivity index (χ0v) is 12.0. The molecule has 1 aromatic rings. The first-order valence-corrected chi connectivity index (χ1v) is 6.84. The van der Waals surface area contributed by atoms with E-state index in [4.69, 9.17) is 21.1 Å². The van der Waals surface area contributed by atoms with Gasteiger partial charge in [-0.05, 0) is 38.3 Å². The summed E-state index contributed by atoms with van der Waals surface area (Å²) in [6.45, 7) is 1.96. The highest BCUT2D eigenvalue weighted by atomic mass is 35.5. The van der Waals surface area contributed by atoms with Crippen molar-refractivity contribution >= 4 is 11.6 Å². The highest BCUT2D eigenvalue weighted by Crippen LogP contribution is 2.39. The van der Waals surface area contributed by atoms with Crippen molar-refractivity contribution in [3.8, 4) is 11.5 Å². The van der Waals surface area contributed by atoms with Crippen LogP contribution in [0.15, 0.2) is 6.07 Å². The van der Waals surface area contributed by atoms with Crippen molar-refractivity contribution in [3.63, 3.8) is 0 Å². The van der Waals surface area contributed by atoms with Gasteiger partial charge in [-0.2, -0.15) is 0 Å². The lowest BCUT2D eigenvalue weighted by Crippen LogP contribution is -2.29. The summed E-state index contributed by atoms with van der Waals surface area (Å²) in [7, 11) is 3.05. The van der Waals surface area contributed by atoms with Crippen molar-refractivity contribution in [3.05, 3.63) is 22.5 Å². The van der Waals surface area contributed by atoms with Crippen molar-refractivity contribution in [1.82, 2.24) is 5.32 Å². The quantitative estimate of drug-likeness (QED) is 0.923. The fourth-order valence-corrected chi connectivity index (χ4v) is 2.78. The van der Waals surface area contributed by atoms with Gasteiger partial charge in [-0.1, -0.05) is 11.6 Å². The van der Waals surface area contributed by atoms with Crippen molar-refractivity contribution in [2.75, 3.05) is 27.3 Å². The highest BCUT2D eigenvalue weighted by molar-refractivity contribution is 6.31. The third-order valence-electron chi connectivity index (χ3n) is 3.61. The molecule has 1 N–H and O–H groups in total. The Kier molecular flexibility index (Phi) is 4.88. The van der Waals surface area contributed by atoms with Crippen LogP contribution in [-0.4, -0.2) is 27.3 Å². The molecule has 2 rings (SSSR count). The number of hydrogen-bond donors (Lipinski definition) is 1. The van der Waals surface area contributed by atoms with Gasteiger partial charge in [-0.3, -0.25) is 0 Å². The summed E-state index contributed by atoms with van der Waals surface area (Å²) >= 11 is 5.92. The maximum Gasteiger partial charge on any atom is 0.166 e. The molecule has 0 bridgehead atoms. The topological polar surface area (TPSA) is 30.5 Å². The van der Waals surface area contributed by atoms with Crippen LogP contribution in [0.3, 0.4) is 0 Å². The van der Waals surface area contributed by atoms with E-state index in [1.54, 1.807) is 0 Å². The van der Waals surface area contributed by atoms with Gasteiger partial charge in [-0.15, -0.1) is 0 Å². The molecule has 0 aliphatic carbocycles. The van der Waals surface area contributed by atoms with Crippen molar-refractivity contribution < 1.29 is 13.9 Å². The second kappa shape index (κ2) is 6.44. The Morgan fingerprint density at radius 2 is 2.00 bits per heavy atom. The summed E-state index contributed by atoms with van der Waals surface area (Å²) < 4.78 is 24.8. The molecule has 1 aromatic carbocycles. The maximum absolute atomic E-state index is 14.2. The lowest BCUT2D eigenvalue weighted by atomic mass is 9.90. The Balaban J connectivity index is 2.33. The first kappa shape index (κ1) is 14.4. The van der Waals surface area contributed by atoms with Gasteiger partial charge in [0.25, 0.3) is 0 Å². The van der Waals surface area contributed by atoms with Crippen molar-refractivity contribution in [2.24, 2.45) is 5.92 Å². The molecule has 0 saturated carbocycles. The highest BCUT2D eigenvalue weighted by Gasteiger charge is 2.23. The smallest absolute Gasteiger partial charge is 0.166 e. The first-order valence-electron chi connectivity index (χ1n) is 6.47. The number of nitrogens with one attached hydrogen (secondary N) is 1. The molecule has 1 aliphatic rings. The molecule has 19 heavy (non-hydrogen) atoms. The molecule has 0 radical (unpaired) electrons. The molecule has 0 amide bonds. The summed E-state index contributed by atoms with van der Waals surface area (Å²) in [6, 6.07) is 1.46. The molecule has 1 aliphatic heterocycles. The van der Waals surface area contributed by atoms with Crippen LogP contribution in [0.1, 0.15) is 18.4 Å². The number of halogens is 2. The molecule has 1 fully saturated rings. The fraction of sp³-hybridized carbons (Fsp3) is 0.571. The van der Waals surface area contributed by atoms with Crippen molar-refractivity contribution in [2.45, 2.75) is 19.3 Å². The summed E-state index contributed by atoms with van der Waals surface area (Å²) in [6.07, 6.45) is 2.71. The molecule has 0 atom stereocenters. The lowest BCUT2D eigenvalue weighted by Gasteiger charge is -2.24. The zero-order valence-electron chi connectivity index (χ0n) is 11.3. The van der Waals surface area contributed by atoms with Gasteiger partial charge in [0.15, 0.2) is 11.5 Å². The van der Waals surface area contributed by atoms with Crippen molar-refractivity contribution in [1.29, 1.82) is 0 Å². The van der Waals surface area contributed by atoms with Gasteiger partial charge in [0.2, 0.25) is 0 Å². The molecule has 5 heteroatoms. The zero-order chi connectivity index (χ0) is 13.8. The van der Waals surface area contributed by atoms with E-state index in [-0.39, 0.29) is 5.02 Å². The second-order valence-electron chi connectivity index (χ2n) is 4.78. The van der Waals surface area contributed by atoms with Crippen LogP contribution in [0.2, 0.25) is 5.02 Å². The van der Waals surface area contributed by atoms with E-state index in [1.807, 2.05) is 0 Å². The Morgan fingerprint density at radius 3 is 2.58 bits per heavy atom. The van der Waals surface area contributed by atoms with E-state index in [2.05, 4.69) is 5.32 Å². The van der Waals surface area contributed by atoms with Crippen LogP contribution in [0.5, 0.6) is 11.5 Å². The van der Waals surface area contributed by atoms with E-state index >= 15 is 0 Å². The van der Waals surface area contributed by atoms with Gasteiger partial charge >= 0.3 is 0 Å². The molecular formula is C14H19ClFNO2. The van der Waals surface area contributed by atoms with E-state index in [0.29, 0.717) is 29.4 Å². The second-order valence-corrected chi connectivity index (χ2v) is 5.19. The average Bonchev–Trinajstić information content (AvgIpc) is 2.44. The third-order valence-corrected chi connectivity index (χ3v) is 3.88. The molecule has 1 saturated heterocycles. The molecular weight excluding hydrogens is 269 g/mol. The largest absolute Gasteiger partial charge is 0.493 e. The number of ether oxygens (including phenoxy) is 2. The van der Waals surface area contributed by atoms with E-state index < -0.39 is 5.82 Å². The molecule has 0 aromatic heterocycles. The average molecular weight is 288 g/mol. The number of benzene rings is 1. The molecule has 106 valence electrons. The standard InChI is InChI=1S/C14H19ClFNO2/c1-18-12-8-11(15)13(16)10(14(12)19-2)7-9-3-5-17-6-4-9/h8-9,17H,3-7H2,1-2H3. The minimum absolute atomic E-state index is 0.0848. The molecule has 0 spiro atoms. The predicted molar refractivity (Wildman–Crippen MR) is 73.8 cm³/mol. The van der Waals surface area contributed by atoms with Gasteiger partial charge in [0.1, 0.15) is 5.82 Å². The van der Waals surface area contributed by atoms with Gasteiger partial charge in [0.05, 0.1) is 19.2 Å². The normalized spacial score (nSPS) is 16.4. The number of rotatable bonds is 4. The summed E-state index contributed by atoms with van der Waals surface area (Å²) in [5.74, 6) is 1.01. The lowest BCUT2D eigenvalue weighted by molar-refractivity contribution is 0.333. The first-order chi connectivity index (χ1) is 9.17. The Morgan fingerprint density at radius 1 is 1.32 bits per heavy atom. The summed E-state index contributed by atoms with van der Waals surface area (Å²) in [5, 5.41) is 3.39. The predicted octanol–water partition coefficient (Wildman–Crippen LogP) is 3.04. The van der Waals surface area contributed by atoms with Crippen LogP contribution < -0.4 is 14.8 Å². The molecule has 0 unspecified atom stereocenters. The SMILES string of the molecule is COc1cc(Cl)c(F)c(CC2CCNCC2)c1OC. The number of hydrogen-bond acceptors (Lipinski definition) is 3. The minimum atomic E-state index is -0.391. The Labute approximate surface area is 118 Å². The van der Waals surface area contributed by atoms with Crippen LogP contribution in [0, 0.1) is 11.7 Å². The molecule has 3 nitrogen and oxygen atoms in total. The fourth-order valence-electron chi connectivity index (χ4n) is 2.57. The van der Waals surface area contributed by atoms with E-state index in [1.165, 1.54) is 20.3 Å². The minimum Gasteiger partial charge on any atom is -0.493 e. The third kappa shape index (κ3) is 3.12. The van der Waals surface area contributed by atoms with Crippen LogP contribution in [-0.2, 0) is 6.42 Å². The number of methoxy groups -OCH3 is 2. The monoisotopic (exact) mass is 287 g/mol. The Hall–Kier alpha value is -1.00. The van der Waals surface area contributed by atoms with Crippen LogP contribution in [0.4, 0.5) is 4.39 Å². The summed E-state index contributed by atoms with van der Waals surface area (Å²) in [4.78, 5) is 0. The van der Waals surface area contributed by atoms with Gasteiger partial charge in [-0.25, -0.2) is 4.39 Å². The van der Waals surface area contributed by atoms with Crippen LogP contribution >= 0.6 is 11.6 Å².